The van der Waals surface area contributed by atoms with Crippen LogP contribution in [0, 0.1) is 6.92 Å². The summed E-state index contributed by atoms with van der Waals surface area (Å²) in [4.78, 5) is 24.1. The number of thiol groups is 1. The largest absolute Gasteiger partial charge is 0.504 e. The van der Waals surface area contributed by atoms with Crippen LogP contribution in [0.25, 0.3) is 0 Å². The molecule has 8 nitrogen and oxygen atoms in total. The number of phenols is 1. The van der Waals surface area contributed by atoms with Crippen LogP contribution in [-0.4, -0.2) is 49.3 Å². The van der Waals surface area contributed by atoms with Gasteiger partial charge in [0.15, 0.2) is 17.6 Å². The van der Waals surface area contributed by atoms with Crippen LogP contribution in [0.15, 0.2) is 42.5 Å². The number of anilines is 1. The van der Waals surface area contributed by atoms with Crippen molar-refractivity contribution >= 4 is 30.4 Å². The monoisotopic (exact) mass is 463 g/mol. The van der Waals surface area contributed by atoms with Crippen molar-refractivity contribution in [1.29, 1.82) is 0 Å². The molecule has 0 unspecified atom stereocenters. The molecule has 0 fully saturated rings. The Morgan fingerprint density at radius 2 is 1.88 bits per heavy atom. The lowest BCUT2D eigenvalue weighted by molar-refractivity contribution is -0.142. The van der Waals surface area contributed by atoms with Gasteiger partial charge in [-0.05, 0) is 43.7 Å². The first kappa shape index (κ1) is 25.4. The third kappa shape index (κ3) is 7.65. The molecule has 0 heterocycles. The highest BCUT2D eigenvalue weighted by Gasteiger charge is 2.29. The van der Waals surface area contributed by atoms with Crippen LogP contribution >= 0.6 is 12.6 Å². The number of ether oxygens (including phenoxy) is 4. The first-order valence-corrected chi connectivity index (χ1v) is 10.8. The number of esters is 1. The number of hydrogen-bond acceptors (Lipinski definition) is 8. The van der Waals surface area contributed by atoms with Gasteiger partial charge < -0.3 is 24.1 Å². The van der Waals surface area contributed by atoms with Crippen LogP contribution in [0.3, 0.4) is 0 Å². The maximum absolute atomic E-state index is 12.7. The molecule has 0 aliphatic rings. The molecule has 0 aliphatic heterocycles. The topological polar surface area (TPSA) is 103 Å². The van der Waals surface area contributed by atoms with Crippen molar-refractivity contribution < 1.29 is 33.6 Å². The Hall–Kier alpha value is -2.91. The van der Waals surface area contributed by atoms with E-state index < -0.39 is 24.3 Å². The molecule has 2 aromatic rings. The molecule has 0 radical (unpaired) electrons. The standard InChI is InChI=1S/C23H29NO7S/c1-4-29-20(11-12-30-21(26)14-32)22(16-7-10-19(28-3)18(25)13-16)31-23(27)24-17-8-5-15(2)6-9-17/h5-10,13,20,22,25,32H,4,11-12,14H2,1-3H3,(H,24,27)/t20-,22-/m1/s1. The molecule has 1 amide bonds. The number of aromatic hydroxyl groups is 1. The van der Waals surface area contributed by atoms with Gasteiger partial charge in [0.2, 0.25) is 0 Å². The van der Waals surface area contributed by atoms with E-state index in [1.807, 2.05) is 26.0 Å². The molecule has 0 aromatic heterocycles. The van der Waals surface area contributed by atoms with Gasteiger partial charge in [-0.15, -0.1) is 0 Å². The van der Waals surface area contributed by atoms with Crippen molar-refractivity contribution in [1.82, 2.24) is 0 Å². The number of phenolic OH excluding ortho intramolecular Hbond substituents is 1. The number of carbonyl (C=O) groups is 2. The van der Waals surface area contributed by atoms with Crippen LogP contribution < -0.4 is 10.1 Å². The summed E-state index contributed by atoms with van der Waals surface area (Å²) in [6.45, 7) is 4.15. The minimum Gasteiger partial charge on any atom is -0.504 e. The SMILES string of the molecule is CCO[C@H](CCOC(=O)CS)[C@H](OC(=O)Nc1ccc(C)cc1)c1ccc(OC)c(O)c1. The van der Waals surface area contributed by atoms with E-state index in [0.29, 0.717) is 17.9 Å². The van der Waals surface area contributed by atoms with Crippen LogP contribution in [0.1, 0.15) is 30.6 Å². The lowest BCUT2D eigenvalue weighted by atomic mass is 10.0. The molecule has 0 spiro atoms. The number of amides is 1. The highest BCUT2D eigenvalue weighted by atomic mass is 32.1. The number of nitrogens with one attached hydrogen (secondary N) is 1. The Labute approximate surface area is 193 Å². The molecule has 0 bridgehead atoms. The molecule has 0 saturated heterocycles. The zero-order valence-corrected chi connectivity index (χ0v) is 19.3. The molecule has 2 rings (SSSR count). The zero-order valence-electron chi connectivity index (χ0n) is 18.4. The van der Waals surface area contributed by atoms with Gasteiger partial charge in [-0.3, -0.25) is 10.1 Å². The fourth-order valence-corrected chi connectivity index (χ4v) is 3.10. The summed E-state index contributed by atoms with van der Waals surface area (Å²) < 4.78 is 21.7. The summed E-state index contributed by atoms with van der Waals surface area (Å²) >= 11 is 3.89. The van der Waals surface area contributed by atoms with Gasteiger partial charge in [-0.25, -0.2) is 4.79 Å². The van der Waals surface area contributed by atoms with Gasteiger partial charge in [0, 0.05) is 18.7 Å². The molecule has 2 aromatic carbocycles. The van der Waals surface area contributed by atoms with E-state index in [1.54, 1.807) is 24.3 Å². The van der Waals surface area contributed by atoms with E-state index in [1.165, 1.54) is 13.2 Å². The molecular weight excluding hydrogens is 434 g/mol. The number of aryl methyl sites for hydroxylation is 1. The summed E-state index contributed by atoms with van der Waals surface area (Å²) in [5.41, 5.74) is 2.14. The summed E-state index contributed by atoms with van der Waals surface area (Å²) in [6, 6.07) is 12.0. The van der Waals surface area contributed by atoms with Crippen molar-refractivity contribution in [3.8, 4) is 11.5 Å². The van der Waals surface area contributed by atoms with E-state index in [0.717, 1.165) is 5.56 Å². The van der Waals surface area contributed by atoms with Crippen LogP contribution in [0.4, 0.5) is 10.5 Å². The van der Waals surface area contributed by atoms with Crippen molar-refractivity contribution in [3.05, 3.63) is 53.6 Å². The Kier molecular flexibility index (Phi) is 10.2. The maximum Gasteiger partial charge on any atom is 0.412 e. The van der Waals surface area contributed by atoms with Gasteiger partial charge >= 0.3 is 12.1 Å². The molecule has 0 aliphatic carbocycles. The highest BCUT2D eigenvalue weighted by Crippen LogP contribution is 2.33. The fourth-order valence-electron chi connectivity index (χ4n) is 3.01. The van der Waals surface area contributed by atoms with Crippen LogP contribution in [0.2, 0.25) is 0 Å². The van der Waals surface area contributed by atoms with E-state index in [4.69, 9.17) is 18.9 Å². The second kappa shape index (κ2) is 12.8. The van der Waals surface area contributed by atoms with E-state index in [-0.39, 0.29) is 30.3 Å². The first-order chi connectivity index (χ1) is 15.4. The molecule has 2 N–H and O–H groups in total. The van der Waals surface area contributed by atoms with Crippen molar-refractivity contribution in [2.75, 3.05) is 31.4 Å². The molecule has 0 saturated carbocycles. The summed E-state index contributed by atoms with van der Waals surface area (Å²) in [5.74, 6) is -0.313. The maximum atomic E-state index is 12.7. The Morgan fingerprint density at radius 3 is 2.47 bits per heavy atom. The lowest BCUT2D eigenvalue weighted by Crippen LogP contribution is -2.30. The van der Waals surface area contributed by atoms with Crippen molar-refractivity contribution in [3.63, 3.8) is 0 Å². The Balaban J connectivity index is 2.25. The number of rotatable bonds is 11. The van der Waals surface area contributed by atoms with Gasteiger partial charge in [-0.1, -0.05) is 23.8 Å². The zero-order chi connectivity index (χ0) is 23.5. The summed E-state index contributed by atoms with van der Waals surface area (Å²) in [5, 5.41) is 12.9. The van der Waals surface area contributed by atoms with E-state index in [9.17, 15) is 14.7 Å². The number of carbonyl (C=O) groups excluding carboxylic acids is 2. The normalized spacial score (nSPS) is 12.5. The lowest BCUT2D eigenvalue weighted by Gasteiger charge is -2.27. The average Bonchev–Trinajstić information content (AvgIpc) is 2.78. The average molecular weight is 464 g/mol. The molecule has 2 atom stereocenters. The molecule has 9 heteroatoms. The quantitative estimate of drug-likeness (QED) is 0.338. The minimum atomic E-state index is -0.882. The Morgan fingerprint density at radius 1 is 1.16 bits per heavy atom. The highest BCUT2D eigenvalue weighted by molar-refractivity contribution is 7.81. The van der Waals surface area contributed by atoms with Gasteiger partial charge in [0.1, 0.15) is 6.10 Å². The van der Waals surface area contributed by atoms with Crippen molar-refractivity contribution in [2.24, 2.45) is 0 Å². The summed E-state index contributed by atoms with van der Waals surface area (Å²) in [7, 11) is 1.44. The van der Waals surface area contributed by atoms with Gasteiger partial charge in [0.25, 0.3) is 0 Å². The van der Waals surface area contributed by atoms with E-state index >= 15 is 0 Å². The smallest absolute Gasteiger partial charge is 0.412 e. The number of benzene rings is 2. The molecule has 174 valence electrons. The third-order valence-corrected chi connectivity index (χ3v) is 4.83. The van der Waals surface area contributed by atoms with Crippen LogP contribution in [-0.2, 0) is 19.0 Å². The fraction of sp³-hybridized carbons (Fsp3) is 0.391. The Bertz CT molecular complexity index is 888. The van der Waals surface area contributed by atoms with E-state index in [2.05, 4.69) is 17.9 Å². The van der Waals surface area contributed by atoms with Gasteiger partial charge in [0.05, 0.1) is 19.5 Å². The number of hydrogen-bond donors (Lipinski definition) is 3. The summed E-state index contributed by atoms with van der Waals surface area (Å²) in [6.07, 6.45) is -1.94. The second-order valence-corrected chi connectivity index (χ2v) is 7.23. The third-order valence-electron chi connectivity index (χ3n) is 4.58. The molecular formula is C23H29NO7S. The first-order valence-electron chi connectivity index (χ1n) is 10.2. The van der Waals surface area contributed by atoms with Crippen LogP contribution in [0.5, 0.6) is 11.5 Å². The minimum absolute atomic E-state index is 0.0372. The predicted molar refractivity (Wildman–Crippen MR) is 124 cm³/mol. The number of methoxy groups -OCH3 is 1. The second-order valence-electron chi connectivity index (χ2n) is 6.91. The van der Waals surface area contributed by atoms with Crippen molar-refractivity contribution in [2.45, 2.75) is 32.5 Å². The molecule has 32 heavy (non-hydrogen) atoms. The predicted octanol–water partition coefficient (Wildman–Crippen LogP) is 4.27. The van der Waals surface area contributed by atoms with Gasteiger partial charge in [-0.2, -0.15) is 12.6 Å².